The maximum absolute atomic E-state index is 12.7. The zero-order chi connectivity index (χ0) is 9.42. The van der Waals surface area contributed by atoms with E-state index in [1.54, 1.807) is 23.0 Å². The van der Waals surface area contributed by atoms with E-state index in [0.717, 1.165) is 5.69 Å². The Morgan fingerprint density at radius 2 is 2.23 bits per heavy atom. The van der Waals surface area contributed by atoms with Gasteiger partial charge in [-0.15, -0.1) is 0 Å². The molecule has 0 spiro atoms. The van der Waals surface area contributed by atoms with Gasteiger partial charge < -0.3 is 4.40 Å². The van der Waals surface area contributed by atoms with Gasteiger partial charge in [0.05, 0.1) is 18.1 Å². The summed E-state index contributed by atoms with van der Waals surface area (Å²) in [5.74, 6) is 0.285. The molecule has 0 fully saturated rings. The average Bonchev–Trinajstić information content (AvgIpc) is 2.46. The van der Waals surface area contributed by atoms with E-state index in [4.69, 9.17) is 0 Å². The van der Waals surface area contributed by atoms with Gasteiger partial charge in [-0.05, 0) is 6.92 Å². The second-order valence-corrected chi connectivity index (χ2v) is 2.87. The van der Waals surface area contributed by atoms with E-state index in [1.165, 1.54) is 7.05 Å². The maximum atomic E-state index is 12.7. The third-order valence-corrected chi connectivity index (χ3v) is 1.77. The third-order valence-electron chi connectivity index (χ3n) is 1.77. The Kier molecular flexibility index (Phi) is 1.65. The normalized spacial score (nSPS) is 10.7. The zero-order valence-electron chi connectivity index (χ0n) is 7.40. The lowest BCUT2D eigenvalue weighted by molar-refractivity contribution is 0.471. The maximum Gasteiger partial charge on any atom is 0.176 e. The van der Waals surface area contributed by atoms with Crippen LogP contribution in [0.1, 0.15) is 5.69 Å². The van der Waals surface area contributed by atoms with Crippen LogP contribution in [0.25, 0.3) is 5.65 Å². The minimum atomic E-state index is 0.285. The van der Waals surface area contributed by atoms with E-state index in [9.17, 15) is 4.48 Å². The van der Waals surface area contributed by atoms with Gasteiger partial charge >= 0.3 is 0 Å². The van der Waals surface area contributed by atoms with Gasteiger partial charge in [0.2, 0.25) is 0 Å². The Labute approximate surface area is 74.6 Å². The molecule has 0 atom stereocenters. The molecule has 0 amide bonds. The lowest BCUT2D eigenvalue weighted by Gasteiger charge is -1.98. The summed E-state index contributed by atoms with van der Waals surface area (Å²) in [6.07, 6.45) is 5.03. The number of aromatic nitrogens is 3. The molecule has 2 rings (SSSR count). The van der Waals surface area contributed by atoms with Crippen LogP contribution >= 0.6 is 0 Å². The molecule has 0 aliphatic carbocycles. The third kappa shape index (κ3) is 1.32. The molecule has 0 radical (unpaired) electrons. The summed E-state index contributed by atoms with van der Waals surface area (Å²) >= 11 is 0. The molecule has 0 saturated carbocycles. The molecule has 0 N–H and O–H groups in total. The number of hydrogen-bond donors (Lipinski definition) is 0. The Bertz CT molecular complexity index is 435. The lowest BCUT2D eigenvalue weighted by Crippen LogP contribution is -2.01. The highest BCUT2D eigenvalue weighted by Gasteiger charge is 2.04. The number of aryl methyl sites for hydroxylation is 1. The molecule has 5 heteroatoms. The molecule has 13 heavy (non-hydrogen) atoms. The Hall–Kier alpha value is -1.65. The van der Waals surface area contributed by atoms with Crippen molar-refractivity contribution in [2.24, 2.45) is 0 Å². The van der Waals surface area contributed by atoms with Crippen LogP contribution in [0.3, 0.4) is 0 Å². The smallest absolute Gasteiger partial charge is 0.176 e. The number of rotatable bonds is 1. The molecule has 0 aliphatic heterocycles. The number of halogens is 1. The average molecular weight is 180 g/mol. The fourth-order valence-corrected chi connectivity index (χ4v) is 1.14. The first-order valence-electron chi connectivity index (χ1n) is 3.87. The second-order valence-electron chi connectivity index (χ2n) is 2.87. The number of anilines is 1. The monoisotopic (exact) mass is 180 g/mol. The van der Waals surface area contributed by atoms with Crippen molar-refractivity contribution in [2.75, 3.05) is 12.2 Å². The SMILES string of the molecule is Cc1cn2cc(N(C)F)nc2cn1. The van der Waals surface area contributed by atoms with Gasteiger partial charge in [0.1, 0.15) is 0 Å². The molecule has 0 aromatic carbocycles. The number of nitrogens with zero attached hydrogens (tertiary/aromatic N) is 4. The number of imidazole rings is 1. The summed E-state index contributed by atoms with van der Waals surface area (Å²) in [4.78, 5) is 8.06. The summed E-state index contributed by atoms with van der Waals surface area (Å²) < 4.78 is 14.5. The second kappa shape index (κ2) is 2.69. The first-order chi connectivity index (χ1) is 6.16. The molecule has 0 unspecified atom stereocenters. The molecular weight excluding hydrogens is 171 g/mol. The van der Waals surface area contributed by atoms with Crippen molar-refractivity contribution in [2.45, 2.75) is 6.92 Å². The van der Waals surface area contributed by atoms with Crippen molar-refractivity contribution in [3.05, 3.63) is 24.3 Å². The summed E-state index contributed by atoms with van der Waals surface area (Å²) in [7, 11) is 1.31. The molecule has 2 heterocycles. The van der Waals surface area contributed by atoms with Gasteiger partial charge in [-0.25, -0.2) is 4.98 Å². The number of hydrogen-bond acceptors (Lipinski definition) is 3. The van der Waals surface area contributed by atoms with E-state index in [2.05, 4.69) is 9.97 Å². The summed E-state index contributed by atoms with van der Waals surface area (Å²) in [5.41, 5.74) is 1.52. The summed E-state index contributed by atoms with van der Waals surface area (Å²) in [6.45, 7) is 1.87. The topological polar surface area (TPSA) is 33.4 Å². The van der Waals surface area contributed by atoms with Crippen molar-refractivity contribution in [3.63, 3.8) is 0 Å². The van der Waals surface area contributed by atoms with Gasteiger partial charge in [-0.1, -0.05) is 4.48 Å². The van der Waals surface area contributed by atoms with Crippen LogP contribution in [0.15, 0.2) is 18.6 Å². The van der Waals surface area contributed by atoms with E-state index in [1.807, 2.05) is 6.92 Å². The van der Waals surface area contributed by atoms with E-state index >= 15 is 0 Å². The highest BCUT2D eigenvalue weighted by molar-refractivity contribution is 5.47. The minimum absolute atomic E-state index is 0.285. The number of fused-ring (bicyclic) bond motifs is 1. The first kappa shape index (κ1) is 7.97. The Morgan fingerprint density at radius 3 is 2.92 bits per heavy atom. The molecule has 0 bridgehead atoms. The first-order valence-corrected chi connectivity index (χ1v) is 3.87. The van der Waals surface area contributed by atoms with Crippen LogP contribution in [0, 0.1) is 6.92 Å². The predicted molar refractivity (Wildman–Crippen MR) is 47.2 cm³/mol. The predicted octanol–water partition coefficient (Wildman–Crippen LogP) is 1.36. The van der Waals surface area contributed by atoms with Crippen molar-refractivity contribution >= 4 is 11.5 Å². The molecule has 2 aromatic rings. The molecule has 4 nitrogen and oxygen atoms in total. The lowest BCUT2D eigenvalue weighted by atomic mass is 10.5. The van der Waals surface area contributed by atoms with Gasteiger partial charge in [0, 0.05) is 13.2 Å². The fourth-order valence-electron chi connectivity index (χ4n) is 1.14. The summed E-state index contributed by atoms with van der Waals surface area (Å²) in [5, 5.41) is 0.475. The quantitative estimate of drug-likeness (QED) is 0.621. The van der Waals surface area contributed by atoms with Gasteiger partial charge in [-0.3, -0.25) is 4.98 Å². The van der Waals surface area contributed by atoms with Crippen molar-refractivity contribution in [1.29, 1.82) is 0 Å². The van der Waals surface area contributed by atoms with E-state index < -0.39 is 0 Å². The molecule has 68 valence electrons. The largest absolute Gasteiger partial charge is 0.302 e. The van der Waals surface area contributed by atoms with E-state index in [0.29, 0.717) is 10.8 Å². The van der Waals surface area contributed by atoms with Crippen LogP contribution in [-0.4, -0.2) is 21.4 Å². The summed E-state index contributed by atoms with van der Waals surface area (Å²) in [6, 6.07) is 0. The molecule has 2 aromatic heterocycles. The molecule has 0 saturated heterocycles. The fraction of sp³-hybridized carbons (Fsp3) is 0.250. The minimum Gasteiger partial charge on any atom is -0.302 e. The zero-order valence-corrected chi connectivity index (χ0v) is 7.40. The van der Waals surface area contributed by atoms with Crippen LogP contribution in [0.2, 0.25) is 0 Å². The molecular formula is C8H9FN4. The van der Waals surface area contributed by atoms with Gasteiger partial charge in [0.25, 0.3) is 0 Å². The standard InChI is InChI=1S/C8H9FN4/c1-6-4-13-5-8(12(2)9)11-7(13)3-10-6/h3-5H,1-2H3. The van der Waals surface area contributed by atoms with Gasteiger partial charge in [-0.2, -0.15) is 5.12 Å². The van der Waals surface area contributed by atoms with Crippen LogP contribution < -0.4 is 5.12 Å². The van der Waals surface area contributed by atoms with Crippen LogP contribution in [0.5, 0.6) is 0 Å². The van der Waals surface area contributed by atoms with E-state index in [-0.39, 0.29) is 5.82 Å². The highest BCUT2D eigenvalue weighted by atomic mass is 19.2. The highest BCUT2D eigenvalue weighted by Crippen LogP contribution is 2.12. The van der Waals surface area contributed by atoms with Crippen LogP contribution in [0.4, 0.5) is 10.3 Å². The Balaban J connectivity index is 2.62. The molecule has 0 aliphatic rings. The van der Waals surface area contributed by atoms with Crippen molar-refractivity contribution in [3.8, 4) is 0 Å². The van der Waals surface area contributed by atoms with Crippen LogP contribution in [-0.2, 0) is 0 Å². The van der Waals surface area contributed by atoms with Crippen molar-refractivity contribution < 1.29 is 4.48 Å². The Morgan fingerprint density at radius 1 is 1.46 bits per heavy atom. The van der Waals surface area contributed by atoms with Gasteiger partial charge in [0.15, 0.2) is 11.5 Å². The van der Waals surface area contributed by atoms with Crippen molar-refractivity contribution in [1.82, 2.24) is 14.4 Å².